The standard InChI is InChI=1S/C15H16OP2/c1-15(2)9-5-3-4-6-10(9)16-11-7-8-12(17)14(18)13(11)15/h3-8H,17-18H2,1-2H3. The summed E-state index contributed by atoms with van der Waals surface area (Å²) in [6.07, 6.45) is 0. The van der Waals surface area contributed by atoms with Crippen molar-refractivity contribution in [2.75, 3.05) is 0 Å². The molecule has 92 valence electrons. The smallest absolute Gasteiger partial charge is 0.132 e. The van der Waals surface area contributed by atoms with E-state index in [1.165, 1.54) is 21.7 Å². The highest BCUT2D eigenvalue weighted by molar-refractivity contribution is 7.36. The average Bonchev–Trinajstić information content (AvgIpc) is 2.33. The fraction of sp³-hybridized carbons (Fsp3) is 0.200. The lowest BCUT2D eigenvalue weighted by Crippen LogP contribution is -2.32. The van der Waals surface area contributed by atoms with E-state index < -0.39 is 0 Å². The Morgan fingerprint density at radius 1 is 0.944 bits per heavy atom. The largest absolute Gasteiger partial charge is 0.457 e. The Labute approximate surface area is 112 Å². The molecule has 2 aromatic carbocycles. The third-order valence-corrected chi connectivity index (χ3v) is 5.11. The molecule has 3 rings (SSSR count). The normalized spacial score (nSPS) is 15.6. The molecule has 1 aliphatic rings. The zero-order valence-corrected chi connectivity index (χ0v) is 12.8. The molecule has 1 aliphatic heterocycles. The molecule has 0 aliphatic carbocycles. The van der Waals surface area contributed by atoms with Crippen molar-refractivity contribution >= 4 is 29.1 Å². The van der Waals surface area contributed by atoms with E-state index in [4.69, 9.17) is 4.74 Å². The quantitative estimate of drug-likeness (QED) is 0.671. The SMILES string of the molecule is CC1(C)c2ccccc2Oc2ccc(P)c(P)c21. The summed E-state index contributed by atoms with van der Waals surface area (Å²) in [5.74, 6) is 1.94. The highest BCUT2D eigenvalue weighted by Gasteiger charge is 2.35. The van der Waals surface area contributed by atoms with Gasteiger partial charge in [-0.2, -0.15) is 0 Å². The van der Waals surface area contributed by atoms with Crippen molar-refractivity contribution in [1.82, 2.24) is 0 Å². The Balaban J connectivity index is 2.33. The monoisotopic (exact) mass is 274 g/mol. The van der Waals surface area contributed by atoms with Gasteiger partial charge in [0.2, 0.25) is 0 Å². The summed E-state index contributed by atoms with van der Waals surface area (Å²) in [7, 11) is 5.63. The van der Waals surface area contributed by atoms with Gasteiger partial charge in [-0.1, -0.05) is 38.1 Å². The number of ether oxygens (including phenoxy) is 1. The van der Waals surface area contributed by atoms with Gasteiger partial charge in [0.05, 0.1) is 0 Å². The van der Waals surface area contributed by atoms with E-state index in [1.807, 2.05) is 12.1 Å². The molecule has 0 saturated heterocycles. The average molecular weight is 274 g/mol. The molecule has 2 unspecified atom stereocenters. The molecule has 0 N–H and O–H groups in total. The fourth-order valence-electron chi connectivity index (χ4n) is 2.67. The maximum absolute atomic E-state index is 6.03. The predicted octanol–water partition coefficient (Wildman–Crippen LogP) is 3.12. The van der Waals surface area contributed by atoms with Crippen LogP contribution in [0, 0.1) is 0 Å². The Bertz CT molecular complexity index is 632. The minimum Gasteiger partial charge on any atom is -0.457 e. The van der Waals surface area contributed by atoms with Crippen LogP contribution in [0.1, 0.15) is 25.0 Å². The lowest BCUT2D eigenvalue weighted by Gasteiger charge is -2.36. The third-order valence-electron chi connectivity index (χ3n) is 3.65. The lowest BCUT2D eigenvalue weighted by atomic mass is 9.76. The van der Waals surface area contributed by atoms with Gasteiger partial charge in [0.25, 0.3) is 0 Å². The van der Waals surface area contributed by atoms with Crippen molar-refractivity contribution in [3.63, 3.8) is 0 Å². The molecule has 0 radical (unpaired) electrons. The summed E-state index contributed by atoms with van der Waals surface area (Å²) >= 11 is 0. The van der Waals surface area contributed by atoms with Crippen LogP contribution in [-0.4, -0.2) is 0 Å². The molecular formula is C15H16OP2. The molecule has 1 heterocycles. The van der Waals surface area contributed by atoms with Crippen LogP contribution >= 0.6 is 18.5 Å². The summed E-state index contributed by atoms with van der Waals surface area (Å²) < 4.78 is 6.03. The third kappa shape index (κ3) is 1.62. The van der Waals surface area contributed by atoms with Crippen molar-refractivity contribution in [3.8, 4) is 11.5 Å². The molecule has 0 spiro atoms. The van der Waals surface area contributed by atoms with Crippen molar-refractivity contribution < 1.29 is 4.74 Å². The zero-order valence-electron chi connectivity index (χ0n) is 10.5. The number of para-hydroxylation sites is 1. The van der Waals surface area contributed by atoms with Crippen LogP contribution in [0.3, 0.4) is 0 Å². The number of fused-ring (bicyclic) bond motifs is 2. The first-order chi connectivity index (χ1) is 8.51. The Morgan fingerprint density at radius 2 is 1.67 bits per heavy atom. The van der Waals surface area contributed by atoms with E-state index >= 15 is 0 Å². The van der Waals surface area contributed by atoms with Gasteiger partial charge >= 0.3 is 0 Å². The van der Waals surface area contributed by atoms with Gasteiger partial charge in [0.15, 0.2) is 0 Å². The van der Waals surface area contributed by atoms with E-state index in [0.717, 1.165) is 11.5 Å². The molecule has 0 bridgehead atoms. The molecular weight excluding hydrogens is 258 g/mol. The van der Waals surface area contributed by atoms with E-state index in [-0.39, 0.29) is 5.41 Å². The topological polar surface area (TPSA) is 9.23 Å². The van der Waals surface area contributed by atoms with Gasteiger partial charge in [0.1, 0.15) is 11.5 Å². The van der Waals surface area contributed by atoms with E-state index in [9.17, 15) is 0 Å². The molecule has 0 amide bonds. The van der Waals surface area contributed by atoms with Crippen molar-refractivity contribution in [1.29, 1.82) is 0 Å². The number of benzene rings is 2. The highest BCUT2D eigenvalue weighted by atomic mass is 31.0. The van der Waals surface area contributed by atoms with Crippen LogP contribution in [0.15, 0.2) is 36.4 Å². The maximum atomic E-state index is 6.03. The van der Waals surface area contributed by atoms with Crippen LogP contribution in [-0.2, 0) is 5.41 Å². The van der Waals surface area contributed by atoms with E-state index in [1.54, 1.807) is 0 Å². The first-order valence-electron chi connectivity index (χ1n) is 5.97. The van der Waals surface area contributed by atoms with Crippen LogP contribution in [0.25, 0.3) is 0 Å². The first kappa shape index (κ1) is 12.2. The molecule has 0 saturated carbocycles. The van der Waals surface area contributed by atoms with Gasteiger partial charge in [-0.05, 0) is 22.7 Å². The van der Waals surface area contributed by atoms with Crippen molar-refractivity contribution in [2.24, 2.45) is 0 Å². The minimum atomic E-state index is -0.0339. The Hall–Kier alpha value is -0.900. The summed E-state index contributed by atoms with van der Waals surface area (Å²) in [5, 5.41) is 2.42. The molecule has 2 atom stereocenters. The summed E-state index contributed by atoms with van der Waals surface area (Å²) in [4.78, 5) is 0. The van der Waals surface area contributed by atoms with Crippen LogP contribution in [0.4, 0.5) is 0 Å². The molecule has 3 heteroatoms. The number of rotatable bonds is 0. The lowest BCUT2D eigenvalue weighted by molar-refractivity contribution is 0.420. The molecule has 0 aromatic heterocycles. The van der Waals surface area contributed by atoms with Gasteiger partial charge in [-0.3, -0.25) is 0 Å². The summed E-state index contributed by atoms with van der Waals surface area (Å²) in [6, 6.07) is 12.4. The zero-order chi connectivity index (χ0) is 12.9. The summed E-state index contributed by atoms with van der Waals surface area (Å²) in [6.45, 7) is 4.51. The minimum absolute atomic E-state index is 0.0339. The van der Waals surface area contributed by atoms with Crippen LogP contribution in [0.2, 0.25) is 0 Å². The van der Waals surface area contributed by atoms with Crippen LogP contribution < -0.4 is 15.3 Å². The number of hydrogen-bond donors (Lipinski definition) is 0. The molecule has 18 heavy (non-hydrogen) atoms. The van der Waals surface area contributed by atoms with Crippen molar-refractivity contribution in [2.45, 2.75) is 19.3 Å². The van der Waals surface area contributed by atoms with Gasteiger partial charge < -0.3 is 4.74 Å². The second-order valence-corrected chi connectivity index (χ2v) is 6.36. The van der Waals surface area contributed by atoms with E-state index in [0.29, 0.717) is 0 Å². The van der Waals surface area contributed by atoms with Gasteiger partial charge in [0, 0.05) is 16.5 Å². The second kappa shape index (κ2) is 4.05. The Kier molecular flexibility index (Phi) is 2.73. The Morgan fingerprint density at radius 3 is 2.44 bits per heavy atom. The number of hydrogen-bond acceptors (Lipinski definition) is 1. The first-order valence-corrected chi connectivity index (χ1v) is 7.13. The highest BCUT2D eigenvalue weighted by Crippen LogP contribution is 2.46. The van der Waals surface area contributed by atoms with E-state index in [2.05, 4.69) is 56.6 Å². The molecule has 0 fully saturated rings. The molecule has 2 aromatic rings. The predicted molar refractivity (Wildman–Crippen MR) is 83.8 cm³/mol. The fourth-order valence-corrected chi connectivity index (χ4v) is 3.51. The molecule has 1 nitrogen and oxygen atoms in total. The summed E-state index contributed by atoms with van der Waals surface area (Å²) in [5.41, 5.74) is 2.48. The second-order valence-electron chi connectivity index (χ2n) is 5.16. The van der Waals surface area contributed by atoms with Crippen LogP contribution in [0.5, 0.6) is 11.5 Å². The van der Waals surface area contributed by atoms with Gasteiger partial charge in [-0.25, -0.2) is 0 Å². The van der Waals surface area contributed by atoms with Crippen molar-refractivity contribution in [3.05, 3.63) is 47.5 Å². The maximum Gasteiger partial charge on any atom is 0.132 e. The van der Waals surface area contributed by atoms with Gasteiger partial charge in [-0.15, -0.1) is 18.5 Å².